The highest BCUT2D eigenvalue weighted by atomic mass is 32.1. The number of rotatable bonds is 4. The molecule has 4 nitrogen and oxygen atoms in total. The summed E-state index contributed by atoms with van der Waals surface area (Å²) in [5, 5.41) is 8.44. The van der Waals surface area contributed by atoms with Crippen LogP contribution >= 0.6 is 11.3 Å². The van der Waals surface area contributed by atoms with Crippen LogP contribution in [-0.2, 0) is 4.79 Å². The second-order valence-electron chi connectivity index (χ2n) is 4.68. The maximum absolute atomic E-state index is 12.0. The van der Waals surface area contributed by atoms with Crippen molar-refractivity contribution >= 4 is 17.2 Å². The molecule has 18 heavy (non-hydrogen) atoms. The molecule has 5 heteroatoms. The van der Waals surface area contributed by atoms with Gasteiger partial charge in [0.2, 0.25) is 5.91 Å². The Bertz CT molecular complexity index is 358. The quantitative estimate of drug-likeness (QED) is 0.862. The fraction of sp³-hybridized carbons (Fsp3) is 0.615. The van der Waals surface area contributed by atoms with Crippen molar-refractivity contribution in [3.05, 3.63) is 22.4 Å². The summed E-state index contributed by atoms with van der Waals surface area (Å²) in [4.78, 5) is 15.4. The van der Waals surface area contributed by atoms with E-state index in [1.165, 1.54) is 4.88 Å². The second kappa shape index (κ2) is 6.87. The van der Waals surface area contributed by atoms with Gasteiger partial charge in [0.05, 0.1) is 12.6 Å². The van der Waals surface area contributed by atoms with Crippen molar-refractivity contribution in [3.63, 3.8) is 0 Å². The van der Waals surface area contributed by atoms with E-state index in [4.69, 9.17) is 0 Å². The van der Waals surface area contributed by atoms with Crippen LogP contribution in [0, 0.1) is 0 Å². The van der Waals surface area contributed by atoms with Gasteiger partial charge < -0.3 is 10.6 Å². The van der Waals surface area contributed by atoms with Crippen molar-refractivity contribution in [2.75, 3.05) is 32.7 Å². The highest BCUT2D eigenvalue weighted by molar-refractivity contribution is 7.10. The van der Waals surface area contributed by atoms with Gasteiger partial charge in [-0.05, 0) is 37.9 Å². The third-order valence-corrected chi connectivity index (χ3v) is 4.20. The van der Waals surface area contributed by atoms with Crippen LogP contribution in [-0.4, -0.2) is 43.5 Å². The van der Waals surface area contributed by atoms with Crippen LogP contribution in [0.5, 0.6) is 0 Å². The molecule has 2 heterocycles. The molecule has 1 unspecified atom stereocenters. The average molecular weight is 267 g/mol. The van der Waals surface area contributed by atoms with E-state index in [2.05, 4.69) is 21.6 Å². The summed E-state index contributed by atoms with van der Waals surface area (Å²) in [6, 6.07) is 4.19. The highest BCUT2D eigenvalue weighted by Crippen LogP contribution is 2.17. The van der Waals surface area contributed by atoms with Crippen molar-refractivity contribution < 1.29 is 4.79 Å². The Balaban J connectivity index is 1.77. The topological polar surface area (TPSA) is 44.4 Å². The van der Waals surface area contributed by atoms with E-state index in [-0.39, 0.29) is 11.9 Å². The van der Waals surface area contributed by atoms with E-state index in [0.29, 0.717) is 6.54 Å². The zero-order valence-corrected chi connectivity index (χ0v) is 11.6. The van der Waals surface area contributed by atoms with Gasteiger partial charge >= 0.3 is 0 Å². The predicted molar refractivity (Wildman–Crippen MR) is 74.8 cm³/mol. The molecule has 0 radical (unpaired) electrons. The first kappa shape index (κ1) is 13.5. The molecule has 0 aliphatic carbocycles. The number of thiophene rings is 1. The van der Waals surface area contributed by atoms with Gasteiger partial charge in [-0.25, -0.2) is 0 Å². The summed E-state index contributed by atoms with van der Waals surface area (Å²) in [5.41, 5.74) is 0. The number of hydrogen-bond donors (Lipinski definition) is 2. The number of nitrogens with one attached hydrogen (secondary N) is 2. The minimum Gasteiger partial charge on any atom is -0.348 e. The van der Waals surface area contributed by atoms with Gasteiger partial charge in [0.1, 0.15) is 0 Å². The SMILES string of the molecule is CC(NC(=O)CN1CCCNCC1)c1cccs1. The molecule has 1 aromatic rings. The molecule has 1 amide bonds. The van der Waals surface area contributed by atoms with E-state index in [9.17, 15) is 4.79 Å². The van der Waals surface area contributed by atoms with E-state index < -0.39 is 0 Å². The molecule has 1 aliphatic rings. The van der Waals surface area contributed by atoms with Gasteiger partial charge in [0.15, 0.2) is 0 Å². The molecular formula is C13H21N3OS. The molecule has 1 aromatic heterocycles. The maximum Gasteiger partial charge on any atom is 0.234 e. The average Bonchev–Trinajstić information content (AvgIpc) is 2.76. The lowest BCUT2D eigenvalue weighted by molar-refractivity contribution is -0.122. The summed E-state index contributed by atoms with van der Waals surface area (Å²) in [7, 11) is 0. The normalized spacial score (nSPS) is 19.2. The Hall–Kier alpha value is -0.910. The van der Waals surface area contributed by atoms with Crippen LogP contribution in [0.1, 0.15) is 24.3 Å². The maximum atomic E-state index is 12.0. The lowest BCUT2D eigenvalue weighted by atomic mass is 10.2. The van der Waals surface area contributed by atoms with Crippen LogP contribution in [0.3, 0.4) is 0 Å². The van der Waals surface area contributed by atoms with Crippen molar-refractivity contribution in [1.29, 1.82) is 0 Å². The van der Waals surface area contributed by atoms with E-state index >= 15 is 0 Å². The summed E-state index contributed by atoms with van der Waals surface area (Å²) in [6.45, 7) is 6.55. The molecule has 100 valence electrons. The monoisotopic (exact) mass is 267 g/mol. The van der Waals surface area contributed by atoms with Crippen molar-refractivity contribution in [3.8, 4) is 0 Å². The largest absolute Gasteiger partial charge is 0.348 e. The minimum absolute atomic E-state index is 0.114. The smallest absolute Gasteiger partial charge is 0.234 e. The molecule has 0 saturated carbocycles. The van der Waals surface area contributed by atoms with Gasteiger partial charge in [-0.2, -0.15) is 0 Å². The Morgan fingerprint density at radius 3 is 3.22 bits per heavy atom. The Kier molecular flexibility index (Phi) is 5.16. The molecule has 2 rings (SSSR count). The van der Waals surface area contributed by atoms with Crippen molar-refractivity contribution in [2.45, 2.75) is 19.4 Å². The van der Waals surface area contributed by atoms with Crippen LogP contribution in [0.2, 0.25) is 0 Å². The summed E-state index contributed by atoms with van der Waals surface area (Å²) >= 11 is 1.68. The summed E-state index contributed by atoms with van der Waals surface area (Å²) in [6.07, 6.45) is 1.12. The first-order chi connectivity index (χ1) is 8.75. The summed E-state index contributed by atoms with van der Waals surface area (Å²) in [5.74, 6) is 0.123. The third-order valence-electron chi connectivity index (χ3n) is 3.15. The first-order valence-corrected chi connectivity index (χ1v) is 7.39. The van der Waals surface area contributed by atoms with Crippen LogP contribution in [0.4, 0.5) is 0 Å². The lowest BCUT2D eigenvalue weighted by Gasteiger charge is -2.20. The van der Waals surface area contributed by atoms with Gasteiger partial charge in [-0.3, -0.25) is 9.69 Å². The predicted octanol–water partition coefficient (Wildman–Crippen LogP) is 1.22. The Morgan fingerprint density at radius 1 is 1.56 bits per heavy atom. The van der Waals surface area contributed by atoms with Gasteiger partial charge in [-0.1, -0.05) is 6.07 Å². The molecule has 1 atom stereocenters. The van der Waals surface area contributed by atoms with Crippen LogP contribution < -0.4 is 10.6 Å². The molecule has 1 aliphatic heterocycles. The minimum atomic E-state index is 0.114. The van der Waals surface area contributed by atoms with Gasteiger partial charge in [-0.15, -0.1) is 11.3 Å². The number of amides is 1. The van der Waals surface area contributed by atoms with Crippen LogP contribution in [0.15, 0.2) is 17.5 Å². The molecule has 2 N–H and O–H groups in total. The second-order valence-corrected chi connectivity index (χ2v) is 5.66. The number of hydrogen-bond acceptors (Lipinski definition) is 4. The van der Waals surface area contributed by atoms with E-state index in [1.807, 2.05) is 18.4 Å². The molecule has 0 bridgehead atoms. The molecule has 0 aromatic carbocycles. The molecule has 0 spiro atoms. The van der Waals surface area contributed by atoms with Crippen molar-refractivity contribution in [2.24, 2.45) is 0 Å². The fourth-order valence-corrected chi connectivity index (χ4v) is 2.89. The zero-order chi connectivity index (χ0) is 12.8. The fourth-order valence-electron chi connectivity index (χ4n) is 2.16. The highest BCUT2D eigenvalue weighted by Gasteiger charge is 2.15. The Labute approximate surface area is 112 Å². The number of carbonyl (C=O) groups excluding carboxylic acids is 1. The standard InChI is InChI=1S/C13H21N3OS/c1-11(12-4-2-9-18-12)15-13(17)10-16-7-3-5-14-6-8-16/h2,4,9,11,14H,3,5-8,10H2,1H3,(H,15,17). The molecule has 1 saturated heterocycles. The lowest BCUT2D eigenvalue weighted by Crippen LogP contribution is -2.39. The van der Waals surface area contributed by atoms with E-state index in [1.54, 1.807) is 11.3 Å². The Morgan fingerprint density at radius 2 is 2.44 bits per heavy atom. The van der Waals surface area contributed by atoms with Gasteiger partial charge in [0.25, 0.3) is 0 Å². The molecular weight excluding hydrogens is 246 g/mol. The molecule has 1 fully saturated rings. The van der Waals surface area contributed by atoms with Gasteiger partial charge in [0, 0.05) is 18.0 Å². The number of nitrogens with zero attached hydrogens (tertiary/aromatic N) is 1. The van der Waals surface area contributed by atoms with E-state index in [0.717, 1.165) is 32.6 Å². The van der Waals surface area contributed by atoms with Crippen molar-refractivity contribution in [1.82, 2.24) is 15.5 Å². The number of carbonyl (C=O) groups is 1. The first-order valence-electron chi connectivity index (χ1n) is 6.51. The van der Waals surface area contributed by atoms with Crippen LogP contribution in [0.25, 0.3) is 0 Å². The third kappa shape index (κ3) is 4.08. The zero-order valence-electron chi connectivity index (χ0n) is 10.8. The summed E-state index contributed by atoms with van der Waals surface area (Å²) < 4.78 is 0.